The van der Waals surface area contributed by atoms with E-state index >= 15 is 0 Å². The highest BCUT2D eigenvalue weighted by Crippen LogP contribution is 2.47. The smallest absolute Gasteiger partial charge is 0.254 e. The lowest BCUT2D eigenvalue weighted by Crippen LogP contribution is -2.42. The van der Waals surface area contributed by atoms with Crippen molar-refractivity contribution < 1.29 is 19.1 Å². The number of methoxy groups -OCH3 is 2. The number of hydrogen-bond acceptors (Lipinski definition) is 8. The summed E-state index contributed by atoms with van der Waals surface area (Å²) in [6.45, 7) is 7.32. The summed E-state index contributed by atoms with van der Waals surface area (Å²) in [6.07, 6.45) is 3.53. The van der Waals surface area contributed by atoms with Crippen LogP contribution in [0, 0.1) is 0 Å². The number of carbonyl (C=O) groups excluding carboxylic acids is 2. The van der Waals surface area contributed by atoms with Crippen molar-refractivity contribution in [2.24, 2.45) is 4.99 Å². The summed E-state index contributed by atoms with van der Waals surface area (Å²) in [7, 11) is 3.21. The minimum absolute atomic E-state index is 0.0939. The number of nitrogens with zero attached hydrogens (tertiary/aromatic N) is 4. The third-order valence-electron chi connectivity index (χ3n) is 6.59. The first-order valence-electron chi connectivity index (χ1n) is 12.5. The molecule has 0 aliphatic carbocycles. The largest absolute Gasteiger partial charge is 0.497 e. The van der Waals surface area contributed by atoms with Gasteiger partial charge in [-0.25, -0.2) is 4.99 Å². The van der Waals surface area contributed by atoms with Crippen LogP contribution in [0.2, 0.25) is 0 Å². The number of pyridine rings is 1. The molecule has 1 atom stereocenters. The van der Waals surface area contributed by atoms with Crippen LogP contribution in [-0.2, 0) is 16.1 Å². The zero-order valence-electron chi connectivity index (χ0n) is 22.4. The Labute approximate surface area is 227 Å². The van der Waals surface area contributed by atoms with Crippen LogP contribution >= 0.6 is 11.8 Å². The van der Waals surface area contributed by atoms with Crippen LogP contribution in [-0.4, -0.2) is 59.1 Å². The summed E-state index contributed by atoms with van der Waals surface area (Å²) >= 11 is 1.44. The number of thioether (sulfide) groups is 1. The Balaban J connectivity index is 1.72. The van der Waals surface area contributed by atoms with Gasteiger partial charge in [-0.3, -0.25) is 14.6 Å². The molecule has 0 spiro atoms. The van der Waals surface area contributed by atoms with Crippen LogP contribution in [0.5, 0.6) is 11.5 Å². The van der Waals surface area contributed by atoms with Gasteiger partial charge in [0.2, 0.25) is 5.91 Å². The van der Waals surface area contributed by atoms with Gasteiger partial charge < -0.3 is 24.6 Å². The van der Waals surface area contributed by atoms with Crippen molar-refractivity contribution >= 4 is 28.7 Å². The molecular weight excluding hydrogens is 502 g/mol. The van der Waals surface area contributed by atoms with Gasteiger partial charge in [-0.2, -0.15) is 0 Å². The number of fused-ring (bicyclic) bond motifs is 1. The van der Waals surface area contributed by atoms with Crippen LogP contribution in [0.15, 0.2) is 70.1 Å². The fourth-order valence-electron chi connectivity index (χ4n) is 4.60. The molecule has 1 unspecified atom stereocenters. The number of ether oxygens (including phenoxy) is 2. The first-order chi connectivity index (χ1) is 18.4. The molecule has 4 rings (SSSR count). The van der Waals surface area contributed by atoms with Gasteiger partial charge >= 0.3 is 0 Å². The summed E-state index contributed by atoms with van der Waals surface area (Å²) < 4.78 is 11.3. The highest BCUT2D eigenvalue weighted by molar-refractivity contribution is 8.16. The lowest BCUT2D eigenvalue weighted by atomic mass is 9.91. The molecule has 9 nitrogen and oxygen atoms in total. The van der Waals surface area contributed by atoms with E-state index < -0.39 is 6.04 Å². The first kappa shape index (κ1) is 27.3. The molecule has 0 radical (unpaired) electrons. The van der Waals surface area contributed by atoms with Crippen molar-refractivity contribution in [3.63, 3.8) is 0 Å². The highest BCUT2D eigenvalue weighted by atomic mass is 32.2. The van der Waals surface area contributed by atoms with Crippen molar-refractivity contribution in [2.75, 3.05) is 27.3 Å². The number of hydrogen-bond donors (Lipinski definition) is 1. The van der Waals surface area contributed by atoms with Crippen LogP contribution in [0.25, 0.3) is 0 Å². The molecule has 38 heavy (non-hydrogen) atoms. The second-order valence-corrected chi connectivity index (χ2v) is 9.62. The van der Waals surface area contributed by atoms with Crippen molar-refractivity contribution in [1.82, 2.24) is 20.1 Å². The summed E-state index contributed by atoms with van der Waals surface area (Å²) in [5.74, 6) is 1.04. The molecule has 1 N–H and O–H groups in total. The molecule has 0 fully saturated rings. The average Bonchev–Trinajstić information content (AvgIpc) is 3.33. The van der Waals surface area contributed by atoms with Crippen LogP contribution in [0.4, 0.5) is 0 Å². The summed E-state index contributed by atoms with van der Waals surface area (Å²) in [6, 6.07) is 8.73. The fourth-order valence-corrected chi connectivity index (χ4v) is 5.56. The van der Waals surface area contributed by atoms with Gasteiger partial charge in [0.1, 0.15) is 11.5 Å². The van der Waals surface area contributed by atoms with Crippen molar-refractivity contribution in [2.45, 2.75) is 39.8 Å². The molecule has 2 aliphatic rings. The lowest BCUT2D eigenvalue weighted by Gasteiger charge is -2.38. The zero-order chi connectivity index (χ0) is 27.2. The van der Waals surface area contributed by atoms with Gasteiger partial charge in [-0.1, -0.05) is 11.8 Å². The van der Waals surface area contributed by atoms with Crippen LogP contribution in [0.1, 0.15) is 44.4 Å². The fraction of sp³-hybridized carbons (Fsp3) is 0.357. The van der Waals surface area contributed by atoms with Gasteiger partial charge in [-0.15, -0.1) is 0 Å². The second-order valence-electron chi connectivity index (χ2n) is 8.79. The average molecular weight is 536 g/mol. The van der Waals surface area contributed by atoms with Crippen molar-refractivity contribution in [1.29, 1.82) is 0 Å². The molecule has 1 aromatic heterocycles. The number of aliphatic imine (C=N–C) groups is 1. The number of nitrogens with one attached hydrogen (secondary N) is 1. The molecule has 2 amide bonds. The van der Waals surface area contributed by atoms with E-state index in [1.54, 1.807) is 31.5 Å². The van der Waals surface area contributed by atoms with Crippen molar-refractivity contribution in [3.05, 3.63) is 76.2 Å². The molecule has 2 aliphatic heterocycles. The third-order valence-corrected chi connectivity index (χ3v) is 7.48. The standard InChI is InChI=1S/C28H33N5O4S/c1-6-32(7-2)27(35)25-18(3)31-28-33(26(25)22-15-21(36-4)8-9-23(22)37-5)20(17-38-28)14-24(34)30-16-19-10-12-29-13-11-19/h8-13,15,17,26H,6-7,14,16H2,1-5H3,(H,30,34). The van der Waals surface area contributed by atoms with Gasteiger partial charge in [0.25, 0.3) is 5.91 Å². The second kappa shape index (κ2) is 12.2. The third kappa shape index (κ3) is 5.55. The van der Waals surface area contributed by atoms with E-state index in [1.165, 1.54) is 11.8 Å². The number of benzene rings is 1. The predicted molar refractivity (Wildman–Crippen MR) is 149 cm³/mol. The lowest BCUT2D eigenvalue weighted by molar-refractivity contribution is -0.127. The summed E-state index contributed by atoms with van der Waals surface area (Å²) in [5, 5.41) is 5.63. The topological polar surface area (TPSA) is 96.4 Å². The molecule has 0 saturated carbocycles. The number of carbonyl (C=O) groups is 2. The predicted octanol–water partition coefficient (Wildman–Crippen LogP) is 4.25. The minimum atomic E-state index is -0.546. The Bertz CT molecular complexity index is 1290. The molecule has 0 bridgehead atoms. The van der Waals surface area contributed by atoms with E-state index in [4.69, 9.17) is 14.5 Å². The van der Waals surface area contributed by atoms with Crippen LogP contribution < -0.4 is 14.8 Å². The zero-order valence-corrected chi connectivity index (χ0v) is 23.2. The Morgan fingerprint density at radius 1 is 1.11 bits per heavy atom. The molecule has 2 aromatic rings. The molecule has 200 valence electrons. The van der Waals surface area contributed by atoms with E-state index in [9.17, 15) is 9.59 Å². The molecule has 1 aromatic carbocycles. The number of allylic oxidation sites excluding steroid dienone is 1. The maximum atomic E-state index is 13.9. The van der Waals surface area contributed by atoms with Gasteiger partial charge in [0.15, 0.2) is 5.17 Å². The Morgan fingerprint density at radius 3 is 2.50 bits per heavy atom. The number of amidine groups is 1. The Morgan fingerprint density at radius 2 is 1.84 bits per heavy atom. The molecular formula is C28H33N5O4S. The quantitative estimate of drug-likeness (QED) is 0.486. The Hall–Kier alpha value is -3.79. The van der Waals surface area contributed by atoms with E-state index in [0.717, 1.165) is 16.8 Å². The van der Waals surface area contributed by atoms with Gasteiger partial charge in [-0.05, 0) is 62.1 Å². The highest BCUT2D eigenvalue weighted by Gasteiger charge is 2.42. The van der Waals surface area contributed by atoms with E-state index in [2.05, 4.69) is 10.3 Å². The maximum Gasteiger partial charge on any atom is 0.254 e. The number of likely N-dealkylation sites (N-methyl/N-ethyl adjacent to an activating group) is 1. The number of aromatic nitrogens is 1. The maximum absolute atomic E-state index is 13.9. The first-order valence-corrected chi connectivity index (χ1v) is 13.4. The van der Waals surface area contributed by atoms with E-state index in [0.29, 0.717) is 47.6 Å². The van der Waals surface area contributed by atoms with E-state index in [1.807, 2.05) is 61.4 Å². The molecule has 0 saturated heterocycles. The van der Waals surface area contributed by atoms with Gasteiger partial charge in [0, 0.05) is 43.3 Å². The molecule has 3 heterocycles. The monoisotopic (exact) mass is 535 g/mol. The number of amides is 2. The summed E-state index contributed by atoms with van der Waals surface area (Å²) in [4.78, 5) is 39.5. The van der Waals surface area contributed by atoms with Gasteiger partial charge in [0.05, 0.1) is 38.0 Å². The molecule has 10 heteroatoms. The normalized spacial score (nSPS) is 16.4. The number of rotatable bonds is 10. The van der Waals surface area contributed by atoms with Crippen molar-refractivity contribution in [3.8, 4) is 11.5 Å². The minimum Gasteiger partial charge on any atom is -0.497 e. The SMILES string of the molecule is CCN(CC)C(=O)C1=C(C)N=C2SC=C(CC(=O)NCc3ccncc3)N2C1c1cc(OC)ccc1OC. The Kier molecular flexibility index (Phi) is 8.73. The van der Waals surface area contributed by atoms with E-state index in [-0.39, 0.29) is 18.2 Å². The van der Waals surface area contributed by atoms with Crippen LogP contribution in [0.3, 0.4) is 0 Å². The summed E-state index contributed by atoms with van der Waals surface area (Å²) in [5.41, 5.74) is 3.68.